The van der Waals surface area contributed by atoms with Gasteiger partial charge in [0.1, 0.15) is 17.8 Å². The predicted molar refractivity (Wildman–Crippen MR) is 107 cm³/mol. The van der Waals surface area contributed by atoms with Gasteiger partial charge in [0, 0.05) is 11.9 Å². The van der Waals surface area contributed by atoms with Crippen LogP contribution in [-0.4, -0.2) is 37.7 Å². The molecule has 8 heteroatoms. The van der Waals surface area contributed by atoms with Crippen molar-refractivity contribution in [1.82, 2.24) is 5.32 Å². The third kappa shape index (κ3) is 4.27. The molecule has 1 atom stereocenters. The van der Waals surface area contributed by atoms with Crippen molar-refractivity contribution < 1.29 is 28.2 Å². The molecule has 0 saturated heterocycles. The van der Waals surface area contributed by atoms with Crippen molar-refractivity contribution in [2.75, 3.05) is 19.8 Å². The van der Waals surface area contributed by atoms with E-state index in [1.54, 1.807) is 42.5 Å². The van der Waals surface area contributed by atoms with Gasteiger partial charge in [-0.25, -0.2) is 9.59 Å². The molecule has 1 unspecified atom stereocenters. The highest BCUT2D eigenvalue weighted by molar-refractivity contribution is 5.96. The Morgan fingerprint density at radius 1 is 1.07 bits per heavy atom. The van der Waals surface area contributed by atoms with Gasteiger partial charge in [-0.15, -0.1) is 0 Å². The van der Waals surface area contributed by atoms with Crippen LogP contribution < -0.4 is 20.4 Å². The fraction of sp³-hybridized carbons (Fsp3) is 0.227. The average molecular weight is 409 g/mol. The van der Waals surface area contributed by atoms with Crippen LogP contribution in [0.1, 0.15) is 16.8 Å². The Balaban J connectivity index is 1.23. The van der Waals surface area contributed by atoms with E-state index in [9.17, 15) is 14.4 Å². The molecule has 1 aliphatic rings. The first-order valence-corrected chi connectivity index (χ1v) is 9.48. The number of nitrogens with one attached hydrogen (secondary N) is 1. The number of esters is 1. The van der Waals surface area contributed by atoms with Crippen molar-refractivity contribution in [2.24, 2.45) is 0 Å². The minimum absolute atomic E-state index is 0.0721. The van der Waals surface area contributed by atoms with E-state index in [0.29, 0.717) is 28.9 Å². The van der Waals surface area contributed by atoms with Gasteiger partial charge in [-0.3, -0.25) is 4.79 Å². The lowest BCUT2D eigenvalue weighted by molar-refractivity contribution is -0.154. The Labute approximate surface area is 171 Å². The highest BCUT2D eigenvalue weighted by atomic mass is 16.6. The molecule has 1 aliphatic heterocycles. The number of carbonyl (C=O) groups excluding carboxylic acids is 2. The Morgan fingerprint density at radius 3 is 2.70 bits per heavy atom. The monoisotopic (exact) mass is 409 g/mol. The number of benzene rings is 2. The van der Waals surface area contributed by atoms with Crippen molar-refractivity contribution >= 4 is 22.8 Å². The minimum atomic E-state index is -0.836. The second-order valence-electron chi connectivity index (χ2n) is 6.63. The maximum absolute atomic E-state index is 12.3. The number of hydrogen-bond acceptors (Lipinski definition) is 7. The topological polar surface area (TPSA) is 104 Å². The molecule has 154 valence electrons. The van der Waals surface area contributed by atoms with E-state index in [0.717, 1.165) is 0 Å². The maximum atomic E-state index is 12.3. The molecule has 2 heterocycles. The van der Waals surface area contributed by atoms with Gasteiger partial charge in [-0.05, 0) is 30.7 Å². The van der Waals surface area contributed by atoms with Crippen LogP contribution in [0.5, 0.6) is 11.5 Å². The molecule has 30 heavy (non-hydrogen) atoms. The average Bonchev–Trinajstić information content (AvgIpc) is 2.77. The van der Waals surface area contributed by atoms with E-state index < -0.39 is 23.6 Å². The van der Waals surface area contributed by atoms with Crippen LogP contribution >= 0.6 is 0 Å². The zero-order valence-electron chi connectivity index (χ0n) is 16.0. The molecule has 3 aromatic rings. The zero-order chi connectivity index (χ0) is 20.9. The smallest absolute Gasteiger partial charge is 0.350 e. The number of hydrogen-bond donors (Lipinski definition) is 1. The fourth-order valence-electron chi connectivity index (χ4n) is 2.99. The summed E-state index contributed by atoms with van der Waals surface area (Å²) in [5.74, 6) is 0.00191. The van der Waals surface area contributed by atoms with E-state index in [-0.39, 0.29) is 25.3 Å². The first kappa shape index (κ1) is 19.5. The van der Waals surface area contributed by atoms with Crippen LogP contribution in [0.2, 0.25) is 0 Å². The molecule has 4 rings (SSSR count). The molecule has 8 nitrogen and oxygen atoms in total. The number of para-hydroxylation sites is 3. The summed E-state index contributed by atoms with van der Waals surface area (Å²) in [6.45, 7) is 0.389. The summed E-state index contributed by atoms with van der Waals surface area (Å²) < 4.78 is 21.4. The third-order valence-corrected chi connectivity index (χ3v) is 4.51. The molecule has 2 aromatic carbocycles. The van der Waals surface area contributed by atoms with Crippen LogP contribution in [0, 0.1) is 0 Å². The summed E-state index contributed by atoms with van der Waals surface area (Å²) in [6.07, 6.45) is -0.461. The first-order chi connectivity index (χ1) is 14.6. The number of ether oxygens (including phenoxy) is 3. The number of rotatable bonds is 6. The van der Waals surface area contributed by atoms with Crippen LogP contribution in [0.3, 0.4) is 0 Å². The first-order valence-electron chi connectivity index (χ1n) is 9.48. The van der Waals surface area contributed by atoms with Gasteiger partial charge in [-0.2, -0.15) is 0 Å². The highest BCUT2D eigenvalue weighted by Crippen LogP contribution is 2.31. The number of carbonyl (C=O) groups is 2. The SMILES string of the molecule is O=C(NCCCOC(=O)C1COc2ccccc2O1)c1cc2ccccc2oc1=O. The van der Waals surface area contributed by atoms with E-state index in [1.807, 2.05) is 6.07 Å². The molecule has 1 aromatic heterocycles. The molecule has 1 N–H and O–H groups in total. The van der Waals surface area contributed by atoms with Crippen molar-refractivity contribution in [3.63, 3.8) is 0 Å². The van der Waals surface area contributed by atoms with Gasteiger partial charge >= 0.3 is 11.6 Å². The quantitative estimate of drug-likeness (QED) is 0.378. The molecule has 0 fully saturated rings. The lowest BCUT2D eigenvalue weighted by Crippen LogP contribution is -2.38. The molecule has 0 spiro atoms. The van der Waals surface area contributed by atoms with Gasteiger partial charge in [-0.1, -0.05) is 30.3 Å². The van der Waals surface area contributed by atoms with Crippen LogP contribution in [0.15, 0.2) is 63.8 Å². The molecular weight excluding hydrogens is 390 g/mol. The lowest BCUT2D eigenvalue weighted by Gasteiger charge is -2.24. The molecule has 1 amide bonds. The van der Waals surface area contributed by atoms with Crippen LogP contribution in [-0.2, 0) is 9.53 Å². The Morgan fingerprint density at radius 2 is 1.83 bits per heavy atom. The molecule has 0 saturated carbocycles. The van der Waals surface area contributed by atoms with E-state index in [1.165, 1.54) is 6.07 Å². The largest absolute Gasteiger partial charge is 0.485 e. The summed E-state index contributed by atoms with van der Waals surface area (Å²) in [6, 6.07) is 15.5. The Kier molecular flexibility index (Phi) is 5.65. The highest BCUT2D eigenvalue weighted by Gasteiger charge is 2.28. The summed E-state index contributed by atoms with van der Waals surface area (Å²) in [5.41, 5.74) is -0.355. The maximum Gasteiger partial charge on any atom is 0.350 e. The second-order valence-corrected chi connectivity index (χ2v) is 6.63. The van der Waals surface area contributed by atoms with E-state index >= 15 is 0 Å². The lowest BCUT2D eigenvalue weighted by atomic mass is 10.2. The summed E-state index contributed by atoms with van der Waals surface area (Å²) in [4.78, 5) is 36.4. The second kappa shape index (κ2) is 8.69. The van der Waals surface area contributed by atoms with Gasteiger partial charge < -0.3 is 23.9 Å². The van der Waals surface area contributed by atoms with Crippen molar-refractivity contribution in [3.05, 3.63) is 70.6 Å². The van der Waals surface area contributed by atoms with Crippen LogP contribution in [0.25, 0.3) is 11.0 Å². The normalized spacial score (nSPS) is 14.9. The standard InChI is InChI=1S/C22H19NO7/c24-20(15-12-14-6-1-2-7-16(14)30-21(15)25)23-10-5-11-27-22(26)19-13-28-17-8-3-4-9-18(17)29-19/h1-4,6-9,12,19H,5,10-11,13H2,(H,23,24). The third-order valence-electron chi connectivity index (χ3n) is 4.51. The molecule has 0 aliphatic carbocycles. The fourth-order valence-corrected chi connectivity index (χ4v) is 2.99. The summed E-state index contributed by atoms with van der Waals surface area (Å²) >= 11 is 0. The number of amides is 1. The molecular formula is C22H19NO7. The molecule has 0 bridgehead atoms. The van der Waals surface area contributed by atoms with Crippen molar-refractivity contribution in [2.45, 2.75) is 12.5 Å². The Bertz CT molecular complexity index is 1140. The van der Waals surface area contributed by atoms with Gasteiger partial charge in [0.15, 0.2) is 11.5 Å². The van der Waals surface area contributed by atoms with Crippen molar-refractivity contribution in [3.8, 4) is 11.5 Å². The van der Waals surface area contributed by atoms with E-state index in [4.69, 9.17) is 18.6 Å². The molecule has 0 radical (unpaired) electrons. The number of fused-ring (bicyclic) bond motifs is 2. The van der Waals surface area contributed by atoms with Gasteiger partial charge in [0.05, 0.1) is 6.61 Å². The Hall–Kier alpha value is -3.81. The summed E-state index contributed by atoms with van der Waals surface area (Å²) in [5, 5.41) is 3.28. The van der Waals surface area contributed by atoms with Crippen LogP contribution in [0.4, 0.5) is 0 Å². The van der Waals surface area contributed by atoms with Gasteiger partial charge in [0.2, 0.25) is 6.10 Å². The van der Waals surface area contributed by atoms with Gasteiger partial charge in [0.25, 0.3) is 5.91 Å². The van der Waals surface area contributed by atoms with E-state index in [2.05, 4.69) is 5.32 Å². The minimum Gasteiger partial charge on any atom is -0.485 e. The van der Waals surface area contributed by atoms with Crippen molar-refractivity contribution in [1.29, 1.82) is 0 Å². The zero-order valence-corrected chi connectivity index (χ0v) is 16.0. The summed E-state index contributed by atoms with van der Waals surface area (Å²) in [7, 11) is 0. The predicted octanol–water partition coefficient (Wildman–Crippen LogP) is 2.30.